The number of thiophene rings is 1. The second-order valence-electron chi connectivity index (χ2n) is 5.93. The molecule has 134 valence electrons. The lowest BCUT2D eigenvalue weighted by Gasteiger charge is -2.31. The Hall–Kier alpha value is -1.51. The summed E-state index contributed by atoms with van der Waals surface area (Å²) in [6, 6.07) is 8.06. The molecule has 1 saturated heterocycles. The van der Waals surface area contributed by atoms with Gasteiger partial charge >= 0.3 is 0 Å². The van der Waals surface area contributed by atoms with E-state index in [1.165, 1.54) is 0 Å². The Bertz CT molecular complexity index is 699. The Labute approximate surface area is 159 Å². The zero-order valence-electron chi connectivity index (χ0n) is 14.1. The molecule has 0 saturated carbocycles. The first-order chi connectivity index (χ1) is 12.2. The van der Waals surface area contributed by atoms with Crippen LogP contribution in [-0.2, 0) is 9.53 Å². The number of nitrogens with zero attached hydrogens (tertiary/aromatic N) is 3. The van der Waals surface area contributed by atoms with E-state index >= 15 is 0 Å². The van der Waals surface area contributed by atoms with Crippen LogP contribution in [0.4, 0.5) is 5.82 Å². The van der Waals surface area contributed by atoms with Crippen LogP contribution in [0.15, 0.2) is 28.1 Å². The van der Waals surface area contributed by atoms with Gasteiger partial charge in [0.2, 0.25) is 5.91 Å². The van der Waals surface area contributed by atoms with Crippen molar-refractivity contribution in [3.63, 3.8) is 0 Å². The van der Waals surface area contributed by atoms with Crippen LogP contribution < -0.4 is 10.2 Å². The highest BCUT2D eigenvalue weighted by Crippen LogP contribution is 2.30. The van der Waals surface area contributed by atoms with Gasteiger partial charge in [-0.05, 0) is 53.0 Å². The molecule has 0 radical (unpaired) electrons. The molecule has 1 aliphatic rings. The number of amides is 1. The van der Waals surface area contributed by atoms with Crippen molar-refractivity contribution in [1.29, 1.82) is 0 Å². The lowest BCUT2D eigenvalue weighted by molar-refractivity contribution is -0.125. The largest absolute Gasteiger partial charge is 0.383 e. The summed E-state index contributed by atoms with van der Waals surface area (Å²) in [5, 5.41) is 11.6. The van der Waals surface area contributed by atoms with Crippen molar-refractivity contribution in [2.24, 2.45) is 5.92 Å². The fourth-order valence-corrected chi connectivity index (χ4v) is 4.22. The van der Waals surface area contributed by atoms with Crippen molar-refractivity contribution in [1.82, 2.24) is 15.5 Å². The molecule has 1 aliphatic heterocycles. The molecule has 0 aliphatic carbocycles. The van der Waals surface area contributed by atoms with E-state index in [1.807, 2.05) is 24.3 Å². The van der Waals surface area contributed by atoms with E-state index in [0.29, 0.717) is 13.2 Å². The van der Waals surface area contributed by atoms with Gasteiger partial charge < -0.3 is 15.0 Å². The van der Waals surface area contributed by atoms with Crippen molar-refractivity contribution in [2.45, 2.75) is 12.8 Å². The molecule has 2 aromatic rings. The first-order valence-corrected chi connectivity index (χ1v) is 9.89. The molecule has 1 N–H and O–H groups in total. The molecule has 1 fully saturated rings. The molecule has 8 heteroatoms. The van der Waals surface area contributed by atoms with E-state index in [9.17, 15) is 4.79 Å². The Morgan fingerprint density at radius 1 is 1.32 bits per heavy atom. The number of carbonyl (C=O) groups is 1. The number of ether oxygens (including phenoxy) is 1. The predicted octanol–water partition coefficient (Wildman–Crippen LogP) is 2.95. The quantitative estimate of drug-likeness (QED) is 0.721. The maximum absolute atomic E-state index is 12.1. The van der Waals surface area contributed by atoms with E-state index in [1.54, 1.807) is 18.4 Å². The Morgan fingerprint density at radius 3 is 2.72 bits per heavy atom. The van der Waals surface area contributed by atoms with Crippen LogP contribution in [-0.4, -0.2) is 49.5 Å². The summed E-state index contributed by atoms with van der Waals surface area (Å²) in [5.41, 5.74) is 0.881. The van der Waals surface area contributed by atoms with Crippen molar-refractivity contribution >= 4 is 39.0 Å². The van der Waals surface area contributed by atoms with Gasteiger partial charge in [-0.25, -0.2) is 0 Å². The summed E-state index contributed by atoms with van der Waals surface area (Å²) in [4.78, 5) is 15.4. The molecule has 0 aromatic carbocycles. The first kappa shape index (κ1) is 18.3. The lowest BCUT2D eigenvalue weighted by atomic mass is 9.96. The number of anilines is 1. The predicted molar refractivity (Wildman–Crippen MR) is 103 cm³/mol. The topological polar surface area (TPSA) is 67.3 Å². The molecule has 0 spiro atoms. The summed E-state index contributed by atoms with van der Waals surface area (Å²) < 4.78 is 6.04. The van der Waals surface area contributed by atoms with Gasteiger partial charge in [0.1, 0.15) is 5.69 Å². The van der Waals surface area contributed by atoms with E-state index in [4.69, 9.17) is 4.74 Å². The zero-order valence-corrected chi connectivity index (χ0v) is 16.5. The summed E-state index contributed by atoms with van der Waals surface area (Å²) >= 11 is 5.11. The van der Waals surface area contributed by atoms with Crippen LogP contribution in [0.25, 0.3) is 10.6 Å². The van der Waals surface area contributed by atoms with Gasteiger partial charge in [-0.3, -0.25) is 4.79 Å². The number of rotatable bonds is 6. The molecule has 1 amide bonds. The average molecular weight is 425 g/mol. The standard InChI is InChI=1S/C17H21BrN4O2S/c1-24-11-8-19-17(23)12-6-9-22(10-7-12)16-5-2-13(20-21-16)14-3-4-15(18)25-14/h2-5,12H,6-11H2,1H3,(H,19,23). The molecule has 2 aromatic heterocycles. The number of aromatic nitrogens is 2. The van der Waals surface area contributed by atoms with Crippen LogP contribution in [0.5, 0.6) is 0 Å². The molecule has 0 unspecified atom stereocenters. The molecule has 25 heavy (non-hydrogen) atoms. The zero-order chi connectivity index (χ0) is 17.6. The van der Waals surface area contributed by atoms with Crippen molar-refractivity contribution in [3.8, 4) is 10.6 Å². The summed E-state index contributed by atoms with van der Waals surface area (Å²) in [7, 11) is 1.63. The smallest absolute Gasteiger partial charge is 0.223 e. The minimum atomic E-state index is 0.0730. The second-order valence-corrected chi connectivity index (χ2v) is 8.39. The highest BCUT2D eigenvalue weighted by Gasteiger charge is 2.25. The lowest BCUT2D eigenvalue weighted by Crippen LogP contribution is -2.41. The first-order valence-electron chi connectivity index (χ1n) is 8.28. The molecular weight excluding hydrogens is 404 g/mol. The third-order valence-electron chi connectivity index (χ3n) is 4.27. The fourth-order valence-electron chi connectivity index (χ4n) is 2.87. The Kier molecular flexibility index (Phi) is 6.39. The van der Waals surface area contributed by atoms with Gasteiger partial charge in [0, 0.05) is 32.7 Å². The average Bonchev–Trinajstić information content (AvgIpc) is 3.08. The van der Waals surface area contributed by atoms with E-state index in [2.05, 4.69) is 36.3 Å². The van der Waals surface area contributed by atoms with Crippen molar-refractivity contribution < 1.29 is 9.53 Å². The van der Waals surface area contributed by atoms with Crippen molar-refractivity contribution in [2.75, 3.05) is 38.3 Å². The highest BCUT2D eigenvalue weighted by molar-refractivity contribution is 9.11. The van der Waals surface area contributed by atoms with E-state index < -0.39 is 0 Å². The van der Waals surface area contributed by atoms with E-state index in [0.717, 1.165) is 46.1 Å². The van der Waals surface area contributed by atoms with Crippen LogP contribution >= 0.6 is 27.3 Å². The van der Waals surface area contributed by atoms with Crippen LogP contribution in [0.3, 0.4) is 0 Å². The molecule has 6 nitrogen and oxygen atoms in total. The van der Waals surface area contributed by atoms with Crippen LogP contribution in [0, 0.1) is 5.92 Å². The van der Waals surface area contributed by atoms with Gasteiger partial charge in [-0.15, -0.1) is 21.5 Å². The van der Waals surface area contributed by atoms with Gasteiger partial charge in [0.05, 0.1) is 15.3 Å². The third-order valence-corrected chi connectivity index (χ3v) is 5.92. The maximum Gasteiger partial charge on any atom is 0.223 e. The van der Waals surface area contributed by atoms with Gasteiger partial charge in [0.15, 0.2) is 5.82 Å². The summed E-state index contributed by atoms with van der Waals surface area (Å²) in [6.07, 6.45) is 1.67. The second kappa shape index (κ2) is 8.73. The number of halogens is 1. The molecule has 3 heterocycles. The molecular formula is C17H21BrN4O2S. The Balaban J connectivity index is 1.53. The monoisotopic (exact) mass is 424 g/mol. The third kappa shape index (κ3) is 4.77. The highest BCUT2D eigenvalue weighted by atomic mass is 79.9. The number of carbonyl (C=O) groups excluding carboxylic acids is 1. The summed E-state index contributed by atoms with van der Waals surface area (Å²) in [6.45, 7) is 2.76. The number of methoxy groups -OCH3 is 1. The number of hydrogen-bond acceptors (Lipinski definition) is 6. The molecule has 3 rings (SSSR count). The number of nitrogens with one attached hydrogen (secondary N) is 1. The van der Waals surface area contributed by atoms with Crippen LogP contribution in [0.2, 0.25) is 0 Å². The minimum Gasteiger partial charge on any atom is -0.383 e. The van der Waals surface area contributed by atoms with Crippen LogP contribution in [0.1, 0.15) is 12.8 Å². The molecule has 0 atom stereocenters. The van der Waals surface area contributed by atoms with Gasteiger partial charge in [-0.2, -0.15) is 0 Å². The van der Waals surface area contributed by atoms with E-state index in [-0.39, 0.29) is 11.8 Å². The SMILES string of the molecule is COCCNC(=O)C1CCN(c2ccc(-c3ccc(Br)s3)nn2)CC1. The van der Waals surface area contributed by atoms with Crippen molar-refractivity contribution in [3.05, 3.63) is 28.1 Å². The molecule has 0 bridgehead atoms. The fraction of sp³-hybridized carbons (Fsp3) is 0.471. The van der Waals surface area contributed by atoms with Gasteiger partial charge in [0.25, 0.3) is 0 Å². The minimum absolute atomic E-state index is 0.0730. The normalized spacial score (nSPS) is 15.4. The van der Waals surface area contributed by atoms with Gasteiger partial charge in [-0.1, -0.05) is 0 Å². The Morgan fingerprint density at radius 2 is 2.12 bits per heavy atom. The number of hydrogen-bond donors (Lipinski definition) is 1. The summed E-state index contributed by atoms with van der Waals surface area (Å²) in [5.74, 6) is 1.07. The number of piperidine rings is 1. The maximum atomic E-state index is 12.1.